The minimum absolute atomic E-state index is 0.123. The Hall–Kier alpha value is -1.60. The number of nitrogens with one attached hydrogen (secondary N) is 1. The molecule has 0 radical (unpaired) electrons. The molecule has 0 heterocycles. The number of ether oxygens (including phenoxy) is 1. The summed E-state index contributed by atoms with van der Waals surface area (Å²) in [6.07, 6.45) is -0.728. The van der Waals surface area contributed by atoms with E-state index in [1.165, 1.54) is 7.11 Å². The van der Waals surface area contributed by atoms with Crippen LogP contribution in [0.15, 0.2) is 22.7 Å². The summed E-state index contributed by atoms with van der Waals surface area (Å²) in [5.41, 5.74) is 6.55. The second kappa shape index (κ2) is 7.10. The monoisotopic (exact) mass is 330 g/mol. The molecule has 1 atom stereocenters. The van der Waals surface area contributed by atoms with Crippen LogP contribution in [-0.4, -0.2) is 36.7 Å². The van der Waals surface area contributed by atoms with Crippen LogP contribution in [0.2, 0.25) is 0 Å². The number of carboxylic acid groups (broad SMARTS) is 1. The number of hydrogen-bond acceptors (Lipinski definition) is 4. The van der Waals surface area contributed by atoms with Gasteiger partial charge in [0.1, 0.15) is 0 Å². The van der Waals surface area contributed by atoms with Gasteiger partial charge in [-0.15, -0.1) is 0 Å². The number of amides is 1. The number of nitrogens with two attached hydrogens (primary N) is 1. The van der Waals surface area contributed by atoms with Gasteiger partial charge in [0.25, 0.3) is 5.91 Å². The third-order valence-electron chi connectivity index (χ3n) is 2.48. The fraction of sp³-hybridized carbons (Fsp3) is 0.333. The Morgan fingerprint density at radius 3 is 2.74 bits per heavy atom. The van der Waals surface area contributed by atoms with Crippen molar-refractivity contribution in [1.82, 2.24) is 5.32 Å². The molecule has 4 N–H and O–H groups in total. The maximum Gasteiger partial charge on any atom is 0.306 e. The minimum Gasteiger partial charge on any atom is -0.481 e. The molecule has 0 aromatic heterocycles. The number of hydrogen-bond donors (Lipinski definition) is 3. The van der Waals surface area contributed by atoms with E-state index >= 15 is 0 Å². The van der Waals surface area contributed by atoms with Crippen molar-refractivity contribution in [2.24, 2.45) is 0 Å². The van der Waals surface area contributed by atoms with Crippen LogP contribution in [-0.2, 0) is 9.53 Å². The van der Waals surface area contributed by atoms with E-state index in [1.54, 1.807) is 18.2 Å². The Morgan fingerprint density at radius 2 is 2.21 bits per heavy atom. The Balaban J connectivity index is 2.59. The van der Waals surface area contributed by atoms with Crippen molar-refractivity contribution >= 4 is 33.5 Å². The third kappa shape index (κ3) is 4.88. The van der Waals surface area contributed by atoms with Gasteiger partial charge in [-0.05, 0) is 34.1 Å². The number of methoxy groups -OCH3 is 1. The van der Waals surface area contributed by atoms with Crippen LogP contribution in [0.5, 0.6) is 0 Å². The predicted octanol–water partition coefficient (Wildman–Crippen LogP) is 1.25. The molecule has 1 rings (SSSR count). The Labute approximate surface area is 119 Å². The summed E-state index contributed by atoms with van der Waals surface area (Å²) >= 11 is 3.24. The standard InChI is InChI=1S/C12H15BrN2O4/c1-19-8(5-11(16)17)6-15-12(18)7-2-3-9(13)10(14)4-7/h2-4,8H,5-6,14H2,1H3,(H,15,18)(H,16,17). The number of nitrogen functional groups attached to an aromatic ring is 1. The van der Waals surface area contributed by atoms with Gasteiger partial charge in [-0.1, -0.05) is 0 Å². The summed E-state index contributed by atoms with van der Waals surface area (Å²) in [5.74, 6) is -1.30. The lowest BCUT2D eigenvalue weighted by molar-refractivity contribution is -0.139. The molecule has 1 amide bonds. The number of aliphatic carboxylic acids is 1. The molecule has 0 aliphatic carbocycles. The van der Waals surface area contributed by atoms with Crippen molar-refractivity contribution in [2.75, 3.05) is 19.4 Å². The lowest BCUT2D eigenvalue weighted by atomic mass is 10.2. The highest BCUT2D eigenvalue weighted by molar-refractivity contribution is 9.10. The van der Waals surface area contributed by atoms with Crippen molar-refractivity contribution < 1.29 is 19.4 Å². The molecule has 0 fully saturated rings. The smallest absolute Gasteiger partial charge is 0.306 e. The first-order valence-corrected chi connectivity index (χ1v) is 6.31. The first-order chi connectivity index (χ1) is 8.93. The molecule has 1 unspecified atom stereocenters. The average molecular weight is 331 g/mol. The second-order valence-electron chi connectivity index (χ2n) is 3.90. The van der Waals surface area contributed by atoms with Crippen molar-refractivity contribution in [1.29, 1.82) is 0 Å². The number of carbonyl (C=O) groups is 2. The topological polar surface area (TPSA) is 102 Å². The van der Waals surface area contributed by atoms with Gasteiger partial charge in [0.05, 0.1) is 12.5 Å². The lowest BCUT2D eigenvalue weighted by Gasteiger charge is -2.14. The molecule has 0 spiro atoms. The van der Waals surface area contributed by atoms with Crippen LogP contribution in [0.3, 0.4) is 0 Å². The Morgan fingerprint density at radius 1 is 1.53 bits per heavy atom. The van der Waals surface area contributed by atoms with Gasteiger partial charge in [-0.3, -0.25) is 9.59 Å². The minimum atomic E-state index is -0.978. The fourth-order valence-electron chi connectivity index (χ4n) is 1.43. The molecular weight excluding hydrogens is 316 g/mol. The van der Waals surface area contributed by atoms with Crippen molar-refractivity contribution in [3.05, 3.63) is 28.2 Å². The molecular formula is C12H15BrN2O4. The maximum atomic E-state index is 11.8. The Bertz CT molecular complexity index is 479. The molecule has 0 aliphatic rings. The third-order valence-corrected chi connectivity index (χ3v) is 3.21. The first kappa shape index (κ1) is 15.5. The molecule has 7 heteroatoms. The molecule has 19 heavy (non-hydrogen) atoms. The molecule has 1 aromatic rings. The van der Waals surface area contributed by atoms with Gasteiger partial charge in [0.2, 0.25) is 0 Å². The zero-order valence-electron chi connectivity index (χ0n) is 10.4. The van der Waals surface area contributed by atoms with Crippen LogP contribution in [0.1, 0.15) is 16.8 Å². The van der Waals surface area contributed by atoms with E-state index < -0.39 is 12.1 Å². The molecule has 6 nitrogen and oxygen atoms in total. The molecule has 104 valence electrons. The van der Waals surface area contributed by atoms with Crippen molar-refractivity contribution in [3.63, 3.8) is 0 Å². The normalized spacial score (nSPS) is 11.9. The highest BCUT2D eigenvalue weighted by Crippen LogP contribution is 2.20. The molecule has 0 bridgehead atoms. The zero-order chi connectivity index (χ0) is 14.4. The van der Waals surface area contributed by atoms with Crippen LogP contribution < -0.4 is 11.1 Å². The van der Waals surface area contributed by atoms with Gasteiger partial charge in [0, 0.05) is 29.4 Å². The van der Waals surface area contributed by atoms with Crippen molar-refractivity contribution in [2.45, 2.75) is 12.5 Å². The Kier molecular flexibility index (Phi) is 5.78. The predicted molar refractivity (Wildman–Crippen MR) is 73.9 cm³/mol. The van der Waals surface area contributed by atoms with Crippen molar-refractivity contribution in [3.8, 4) is 0 Å². The van der Waals surface area contributed by atoms with Gasteiger partial charge in [0.15, 0.2) is 0 Å². The number of carboxylic acids is 1. The SMILES string of the molecule is COC(CNC(=O)c1ccc(Br)c(N)c1)CC(=O)O. The average Bonchev–Trinajstić information content (AvgIpc) is 2.36. The van der Waals surface area contributed by atoms with Crippen LogP contribution in [0, 0.1) is 0 Å². The van der Waals surface area contributed by atoms with Crippen LogP contribution in [0.25, 0.3) is 0 Å². The number of rotatable bonds is 6. The molecule has 0 saturated carbocycles. The second-order valence-corrected chi connectivity index (χ2v) is 4.76. The van der Waals surface area contributed by atoms with E-state index in [4.69, 9.17) is 15.6 Å². The van der Waals surface area contributed by atoms with Crippen LogP contribution in [0.4, 0.5) is 5.69 Å². The summed E-state index contributed by atoms with van der Waals surface area (Å²) in [4.78, 5) is 22.4. The number of halogens is 1. The van der Waals surface area contributed by atoms with E-state index in [0.717, 1.165) is 0 Å². The van der Waals surface area contributed by atoms with Gasteiger partial charge < -0.3 is 20.9 Å². The van der Waals surface area contributed by atoms with Gasteiger partial charge >= 0.3 is 5.97 Å². The first-order valence-electron chi connectivity index (χ1n) is 5.52. The summed E-state index contributed by atoms with van der Waals surface area (Å²) in [5, 5.41) is 11.3. The largest absolute Gasteiger partial charge is 0.481 e. The highest BCUT2D eigenvalue weighted by Gasteiger charge is 2.14. The maximum absolute atomic E-state index is 11.8. The number of anilines is 1. The molecule has 0 aliphatic heterocycles. The van der Waals surface area contributed by atoms with E-state index in [-0.39, 0.29) is 18.9 Å². The lowest BCUT2D eigenvalue weighted by Crippen LogP contribution is -2.34. The number of benzene rings is 1. The summed E-state index contributed by atoms with van der Waals surface area (Å²) in [7, 11) is 1.40. The van der Waals surface area contributed by atoms with Gasteiger partial charge in [-0.25, -0.2) is 0 Å². The zero-order valence-corrected chi connectivity index (χ0v) is 11.9. The van der Waals surface area contributed by atoms with E-state index in [0.29, 0.717) is 15.7 Å². The van der Waals surface area contributed by atoms with E-state index in [1.807, 2.05) is 0 Å². The molecule has 0 saturated heterocycles. The quantitative estimate of drug-likeness (QED) is 0.681. The molecule has 1 aromatic carbocycles. The van der Waals surface area contributed by atoms with E-state index in [2.05, 4.69) is 21.2 Å². The highest BCUT2D eigenvalue weighted by atomic mass is 79.9. The number of carbonyl (C=O) groups excluding carboxylic acids is 1. The van der Waals surface area contributed by atoms with E-state index in [9.17, 15) is 9.59 Å². The van der Waals surface area contributed by atoms with Crippen LogP contribution >= 0.6 is 15.9 Å². The van der Waals surface area contributed by atoms with Gasteiger partial charge in [-0.2, -0.15) is 0 Å². The fourth-order valence-corrected chi connectivity index (χ4v) is 1.67. The summed E-state index contributed by atoms with van der Waals surface area (Å²) in [6.45, 7) is 0.123. The summed E-state index contributed by atoms with van der Waals surface area (Å²) in [6, 6.07) is 4.84. The summed E-state index contributed by atoms with van der Waals surface area (Å²) < 4.78 is 5.68.